The van der Waals surface area contributed by atoms with Crippen molar-refractivity contribution in [3.05, 3.63) is 53.6 Å². The Hall–Kier alpha value is -3.22. The molecule has 116 valence electrons. The highest BCUT2D eigenvalue weighted by Crippen LogP contribution is 2.28. The van der Waals surface area contributed by atoms with Gasteiger partial charge in [-0.2, -0.15) is 0 Å². The fourth-order valence-corrected chi connectivity index (χ4v) is 1.51. The first kappa shape index (κ1) is 16.8. The fraction of sp³-hybridized carbons (Fsp3) is 0.0667. The second kappa shape index (κ2) is 7.53. The van der Waals surface area contributed by atoms with E-state index in [0.717, 1.165) is 0 Å². The SMILES string of the molecule is COc1cccc(C(=O)O)c1O.O=C(O)c1ccccc1O. The van der Waals surface area contributed by atoms with Crippen LogP contribution in [0.3, 0.4) is 0 Å². The van der Waals surface area contributed by atoms with Crippen LogP contribution in [0.15, 0.2) is 42.5 Å². The molecule has 0 amide bonds. The van der Waals surface area contributed by atoms with Crippen LogP contribution >= 0.6 is 0 Å². The molecule has 0 unspecified atom stereocenters. The topological polar surface area (TPSA) is 124 Å². The molecule has 0 aliphatic rings. The summed E-state index contributed by atoms with van der Waals surface area (Å²) < 4.78 is 4.72. The van der Waals surface area contributed by atoms with Crippen LogP contribution < -0.4 is 4.74 Å². The van der Waals surface area contributed by atoms with Crippen molar-refractivity contribution in [1.82, 2.24) is 0 Å². The Bertz CT molecular complexity index is 679. The third kappa shape index (κ3) is 4.14. The van der Waals surface area contributed by atoms with Gasteiger partial charge in [0.1, 0.15) is 16.9 Å². The zero-order chi connectivity index (χ0) is 16.7. The predicted octanol–water partition coefficient (Wildman–Crippen LogP) is 2.19. The molecular weight excluding hydrogens is 292 g/mol. The number of hydrogen-bond donors (Lipinski definition) is 4. The Morgan fingerprint density at radius 3 is 1.86 bits per heavy atom. The van der Waals surface area contributed by atoms with Gasteiger partial charge < -0.3 is 25.2 Å². The highest BCUT2D eigenvalue weighted by Gasteiger charge is 2.12. The minimum Gasteiger partial charge on any atom is -0.507 e. The lowest BCUT2D eigenvalue weighted by atomic mass is 10.2. The molecule has 7 nitrogen and oxygen atoms in total. The number of hydrogen-bond acceptors (Lipinski definition) is 5. The zero-order valence-corrected chi connectivity index (χ0v) is 11.6. The molecule has 0 fully saturated rings. The number of aromatic carboxylic acids is 2. The highest BCUT2D eigenvalue weighted by atomic mass is 16.5. The number of ether oxygens (including phenoxy) is 1. The highest BCUT2D eigenvalue weighted by molar-refractivity contribution is 5.91. The molecule has 0 aliphatic carbocycles. The van der Waals surface area contributed by atoms with Crippen LogP contribution in [0.2, 0.25) is 0 Å². The minimum atomic E-state index is -1.17. The van der Waals surface area contributed by atoms with E-state index in [0.29, 0.717) is 0 Å². The van der Waals surface area contributed by atoms with Gasteiger partial charge in [0.2, 0.25) is 0 Å². The standard InChI is InChI=1S/C8H8O4.C7H6O3/c1-12-6-4-2-3-5(7(6)9)8(10)11;8-6-4-2-1-3-5(6)7(9)10/h2-4,9H,1H3,(H,10,11);1-4,8H,(H,9,10). The van der Waals surface area contributed by atoms with Gasteiger partial charge in [0, 0.05) is 0 Å². The smallest absolute Gasteiger partial charge is 0.339 e. The summed E-state index contributed by atoms with van der Waals surface area (Å²) in [6.07, 6.45) is 0. The molecule has 0 saturated heterocycles. The van der Waals surface area contributed by atoms with Crippen LogP contribution in [0, 0.1) is 0 Å². The molecule has 0 atom stereocenters. The Balaban J connectivity index is 0.000000224. The maximum Gasteiger partial charge on any atom is 0.339 e. The van der Waals surface area contributed by atoms with Crippen LogP contribution in [-0.2, 0) is 0 Å². The maximum absolute atomic E-state index is 10.5. The van der Waals surface area contributed by atoms with E-state index in [2.05, 4.69) is 0 Å². The third-order valence-electron chi connectivity index (χ3n) is 2.58. The Morgan fingerprint density at radius 2 is 1.41 bits per heavy atom. The van der Waals surface area contributed by atoms with Gasteiger partial charge in [-0.15, -0.1) is 0 Å². The fourth-order valence-electron chi connectivity index (χ4n) is 1.51. The second-order valence-electron chi connectivity index (χ2n) is 3.98. The molecule has 4 N–H and O–H groups in total. The van der Waals surface area contributed by atoms with E-state index in [-0.39, 0.29) is 28.4 Å². The van der Waals surface area contributed by atoms with Gasteiger partial charge >= 0.3 is 11.9 Å². The van der Waals surface area contributed by atoms with E-state index in [9.17, 15) is 14.7 Å². The summed E-state index contributed by atoms with van der Waals surface area (Å²) in [7, 11) is 1.36. The molecule has 2 rings (SSSR count). The third-order valence-corrected chi connectivity index (χ3v) is 2.58. The van der Waals surface area contributed by atoms with Crippen LogP contribution in [0.25, 0.3) is 0 Å². The van der Waals surface area contributed by atoms with Crippen LogP contribution in [0.5, 0.6) is 17.2 Å². The summed E-state index contributed by atoms with van der Waals surface area (Å²) in [5, 5.41) is 35.1. The quantitative estimate of drug-likeness (QED) is 0.685. The number of benzene rings is 2. The van der Waals surface area contributed by atoms with Gasteiger partial charge in [-0.1, -0.05) is 18.2 Å². The molecule has 2 aromatic rings. The first-order chi connectivity index (χ1) is 10.4. The van der Waals surface area contributed by atoms with Crippen LogP contribution in [0.1, 0.15) is 20.7 Å². The van der Waals surface area contributed by atoms with Gasteiger partial charge in [-0.05, 0) is 24.3 Å². The summed E-state index contributed by atoms with van der Waals surface area (Å²) in [6, 6.07) is 10.1. The van der Waals surface area contributed by atoms with Crippen molar-refractivity contribution in [3.8, 4) is 17.2 Å². The zero-order valence-electron chi connectivity index (χ0n) is 11.6. The van der Waals surface area contributed by atoms with E-state index >= 15 is 0 Å². The van der Waals surface area contributed by atoms with Gasteiger partial charge in [0.25, 0.3) is 0 Å². The molecule has 0 saturated carbocycles. The summed E-state index contributed by atoms with van der Waals surface area (Å²) >= 11 is 0. The summed E-state index contributed by atoms with van der Waals surface area (Å²) in [5.74, 6) is -2.66. The van der Waals surface area contributed by atoms with Crippen molar-refractivity contribution in [3.63, 3.8) is 0 Å². The lowest BCUT2D eigenvalue weighted by Crippen LogP contribution is -1.97. The molecular formula is C15H14O7. The lowest BCUT2D eigenvalue weighted by molar-refractivity contribution is 0.0682. The first-order valence-electron chi connectivity index (χ1n) is 5.99. The normalized spacial score (nSPS) is 9.32. The van der Waals surface area contributed by atoms with E-state index in [1.165, 1.54) is 37.4 Å². The Labute approximate surface area is 125 Å². The first-order valence-corrected chi connectivity index (χ1v) is 5.99. The van der Waals surface area contributed by atoms with Gasteiger partial charge in [-0.25, -0.2) is 9.59 Å². The van der Waals surface area contributed by atoms with Crippen molar-refractivity contribution in [2.45, 2.75) is 0 Å². The number of phenols is 2. The number of methoxy groups -OCH3 is 1. The van der Waals surface area contributed by atoms with Crippen molar-refractivity contribution >= 4 is 11.9 Å². The molecule has 0 bridgehead atoms. The molecule has 22 heavy (non-hydrogen) atoms. The molecule has 0 aromatic heterocycles. The van der Waals surface area contributed by atoms with Crippen molar-refractivity contribution in [2.24, 2.45) is 0 Å². The number of aromatic hydroxyl groups is 2. The average Bonchev–Trinajstić information content (AvgIpc) is 2.48. The average molecular weight is 306 g/mol. The molecule has 0 radical (unpaired) electrons. The second-order valence-corrected chi connectivity index (χ2v) is 3.98. The molecule has 2 aromatic carbocycles. The largest absolute Gasteiger partial charge is 0.507 e. The number of para-hydroxylation sites is 2. The lowest BCUT2D eigenvalue weighted by Gasteiger charge is -2.04. The van der Waals surface area contributed by atoms with Crippen LogP contribution in [-0.4, -0.2) is 39.5 Å². The van der Waals surface area contributed by atoms with E-state index < -0.39 is 11.9 Å². The van der Waals surface area contributed by atoms with E-state index in [1.807, 2.05) is 0 Å². The van der Waals surface area contributed by atoms with Crippen molar-refractivity contribution in [1.29, 1.82) is 0 Å². The van der Waals surface area contributed by atoms with Gasteiger partial charge in [0.15, 0.2) is 11.5 Å². The maximum atomic E-state index is 10.5. The molecule has 0 heterocycles. The Kier molecular flexibility index (Phi) is 5.76. The summed E-state index contributed by atoms with van der Waals surface area (Å²) in [5.41, 5.74) is -0.225. The van der Waals surface area contributed by atoms with Crippen molar-refractivity contribution in [2.75, 3.05) is 7.11 Å². The molecule has 0 aliphatic heterocycles. The minimum absolute atomic E-state index is 0.0671. The molecule has 0 spiro atoms. The number of carbonyl (C=O) groups is 2. The van der Waals surface area contributed by atoms with Gasteiger partial charge in [0.05, 0.1) is 7.11 Å². The molecule has 7 heteroatoms. The number of rotatable bonds is 3. The number of carboxylic acids is 2. The Morgan fingerprint density at radius 1 is 0.864 bits per heavy atom. The van der Waals surface area contributed by atoms with E-state index in [1.54, 1.807) is 12.1 Å². The van der Waals surface area contributed by atoms with E-state index in [4.69, 9.17) is 20.1 Å². The predicted molar refractivity (Wildman–Crippen MR) is 76.7 cm³/mol. The monoisotopic (exact) mass is 306 g/mol. The van der Waals surface area contributed by atoms with Gasteiger partial charge in [-0.3, -0.25) is 0 Å². The number of carboxylic acid groups (broad SMARTS) is 2. The summed E-state index contributed by atoms with van der Waals surface area (Å²) in [6.45, 7) is 0. The van der Waals surface area contributed by atoms with Crippen molar-refractivity contribution < 1.29 is 34.8 Å². The summed E-state index contributed by atoms with van der Waals surface area (Å²) in [4.78, 5) is 20.7. The van der Waals surface area contributed by atoms with Crippen LogP contribution in [0.4, 0.5) is 0 Å².